The van der Waals surface area contributed by atoms with Crippen LogP contribution in [0, 0.1) is 0 Å². The molecule has 0 radical (unpaired) electrons. The van der Waals surface area contributed by atoms with Gasteiger partial charge in [0.05, 0.1) is 0 Å². The second-order valence-corrected chi connectivity index (χ2v) is 5.23. The summed E-state index contributed by atoms with van der Waals surface area (Å²) in [5.74, 6) is -0.308. The van der Waals surface area contributed by atoms with Crippen LogP contribution in [0.2, 0.25) is 0 Å². The van der Waals surface area contributed by atoms with Crippen molar-refractivity contribution in [1.29, 1.82) is 0 Å². The molecular formula is C19H27N3O2. The molecule has 0 atom stereocenters. The van der Waals surface area contributed by atoms with Crippen molar-refractivity contribution in [1.82, 2.24) is 10.2 Å². The molecule has 0 unspecified atom stereocenters. The van der Waals surface area contributed by atoms with Crippen LogP contribution in [-0.2, 0) is 4.79 Å². The van der Waals surface area contributed by atoms with Crippen molar-refractivity contribution in [2.24, 2.45) is 0 Å². The van der Waals surface area contributed by atoms with Gasteiger partial charge in [-0.15, -0.1) is 0 Å². The summed E-state index contributed by atoms with van der Waals surface area (Å²) in [7, 11) is 0. The summed E-state index contributed by atoms with van der Waals surface area (Å²) in [4.78, 5) is 26.0. The largest absolute Gasteiger partial charge is 0.351 e. The number of likely N-dealkylation sites (N-methyl/N-ethyl adjacent to an activating group) is 1. The average Bonchev–Trinajstić information content (AvgIpc) is 2.59. The fraction of sp³-hybridized carbons (Fsp3) is 0.368. The van der Waals surface area contributed by atoms with Crippen LogP contribution in [0.15, 0.2) is 48.6 Å². The highest BCUT2D eigenvalue weighted by Crippen LogP contribution is 2.09. The first-order valence-electron chi connectivity index (χ1n) is 8.31. The number of amides is 2. The fourth-order valence-electron chi connectivity index (χ4n) is 2.11. The molecule has 130 valence electrons. The molecule has 2 amide bonds. The number of nitrogens with zero attached hydrogens (tertiary/aromatic N) is 1. The first-order valence-corrected chi connectivity index (χ1v) is 8.31. The Labute approximate surface area is 144 Å². The van der Waals surface area contributed by atoms with E-state index in [2.05, 4.69) is 29.4 Å². The highest BCUT2D eigenvalue weighted by atomic mass is 16.2. The number of carbonyl (C=O) groups excluding carboxylic acids is 2. The lowest BCUT2D eigenvalue weighted by Gasteiger charge is -2.17. The predicted octanol–water partition coefficient (Wildman–Crippen LogP) is 2.83. The molecule has 0 fully saturated rings. The van der Waals surface area contributed by atoms with Crippen LogP contribution in [0.3, 0.4) is 0 Å². The molecule has 0 aliphatic rings. The van der Waals surface area contributed by atoms with E-state index in [9.17, 15) is 9.59 Å². The van der Waals surface area contributed by atoms with E-state index in [1.807, 2.05) is 13.0 Å². The monoisotopic (exact) mass is 329 g/mol. The van der Waals surface area contributed by atoms with Crippen molar-refractivity contribution < 1.29 is 9.59 Å². The minimum atomic E-state index is -0.204. The maximum atomic E-state index is 12.1. The molecule has 5 nitrogen and oxygen atoms in total. The Hall–Kier alpha value is -2.40. The van der Waals surface area contributed by atoms with Crippen molar-refractivity contribution in [3.63, 3.8) is 0 Å². The number of allylic oxidation sites excluding steroid dienone is 3. The maximum Gasteiger partial charge on any atom is 0.251 e. The van der Waals surface area contributed by atoms with Crippen LogP contribution >= 0.6 is 0 Å². The van der Waals surface area contributed by atoms with Gasteiger partial charge >= 0.3 is 0 Å². The molecule has 1 aromatic rings. The summed E-state index contributed by atoms with van der Waals surface area (Å²) >= 11 is 0. The first-order chi connectivity index (χ1) is 11.6. The van der Waals surface area contributed by atoms with Gasteiger partial charge in [0.25, 0.3) is 5.91 Å². The molecule has 0 heterocycles. The highest BCUT2D eigenvalue weighted by molar-refractivity contribution is 6.00. The minimum Gasteiger partial charge on any atom is -0.351 e. The number of hydrogen-bond donors (Lipinski definition) is 2. The molecule has 1 rings (SSSR count). The van der Waals surface area contributed by atoms with Gasteiger partial charge in [0.1, 0.15) is 0 Å². The van der Waals surface area contributed by atoms with Gasteiger partial charge in [0, 0.05) is 30.4 Å². The number of rotatable bonds is 9. The van der Waals surface area contributed by atoms with Gasteiger partial charge in [-0.3, -0.25) is 9.59 Å². The van der Waals surface area contributed by atoms with E-state index in [1.165, 1.54) is 6.08 Å². The van der Waals surface area contributed by atoms with E-state index in [0.717, 1.165) is 19.6 Å². The van der Waals surface area contributed by atoms with Gasteiger partial charge in [0.15, 0.2) is 0 Å². The van der Waals surface area contributed by atoms with Crippen molar-refractivity contribution in [2.45, 2.75) is 20.8 Å². The smallest absolute Gasteiger partial charge is 0.251 e. The highest BCUT2D eigenvalue weighted by Gasteiger charge is 2.06. The number of benzene rings is 1. The Kier molecular flexibility index (Phi) is 9.16. The van der Waals surface area contributed by atoms with Crippen LogP contribution in [0.5, 0.6) is 0 Å². The van der Waals surface area contributed by atoms with Gasteiger partial charge in [-0.1, -0.05) is 32.1 Å². The lowest BCUT2D eigenvalue weighted by Crippen LogP contribution is -2.34. The molecular weight excluding hydrogens is 302 g/mol. The van der Waals surface area contributed by atoms with Crippen molar-refractivity contribution in [3.05, 3.63) is 54.1 Å². The van der Waals surface area contributed by atoms with E-state index in [-0.39, 0.29) is 11.8 Å². The van der Waals surface area contributed by atoms with E-state index in [4.69, 9.17) is 0 Å². The first kappa shape index (κ1) is 19.6. The Morgan fingerprint density at radius 2 is 1.75 bits per heavy atom. The third-order valence-corrected chi connectivity index (χ3v) is 3.57. The Balaban J connectivity index is 2.48. The summed E-state index contributed by atoms with van der Waals surface area (Å²) < 4.78 is 0. The zero-order valence-corrected chi connectivity index (χ0v) is 14.7. The van der Waals surface area contributed by atoms with Gasteiger partial charge in [-0.2, -0.15) is 0 Å². The molecule has 0 aliphatic heterocycles. The molecule has 0 saturated carbocycles. The van der Waals surface area contributed by atoms with Gasteiger partial charge in [-0.05, 0) is 44.3 Å². The standard InChI is InChI=1S/C19H27N3O2/c1-4-7-8-9-18(23)21-17-12-10-16(11-13-17)19(24)20-14-15-22(5-2)6-3/h4,7-13H,5-6,14-15H2,1-3H3,(H,20,24)(H,21,23)/b7-4+,9-8+. The van der Waals surface area contributed by atoms with E-state index in [0.29, 0.717) is 17.8 Å². The second kappa shape index (κ2) is 11.2. The second-order valence-electron chi connectivity index (χ2n) is 5.23. The summed E-state index contributed by atoms with van der Waals surface area (Å²) in [6.07, 6.45) is 6.75. The number of carbonyl (C=O) groups is 2. The molecule has 0 aromatic heterocycles. The molecule has 24 heavy (non-hydrogen) atoms. The summed E-state index contributed by atoms with van der Waals surface area (Å²) in [6.45, 7) is 9.50. The zero-order chi connectivity index (χ0) is 17.8. The molecule has 0 spiro atoms. The predicted molar refractivity (Wildman–Crippen MR) is 99.1 cm³/mol. The van der Waals surface area contributed by atoms with Crippen molar-refractivity contribution in [2.75, 3.05) is 31.5 Å². The molecule has 1 aromatic carbocycles. The van der Waals surface area contributed by atoms with Crippen LogP contribution < -0.4 is 10.6 Å². The average molecular weight is 329 g/mol. The van der Waals surface area contributed by atoms with Crippen molar-refractivity contribution in [3.8, 4) is 0 Å². The summed E-state index contributed by atoms with van der Waals surface area (Å²) in [6, 6.07) is 6.86. The number of anilines is 1. The van der Waals surface area contributed by atoms with Gasteiger partial charge < -0.3 is 15.5 Å². The van der Waals surface area contributed by atoms with Gasteiger partial charge in [0.2, 0.25) is 5.91 Å². The number of hydrogen-bond acceptors (Lipinski definition) is 3. The molecule has 5 heteroatoms. The quantitative estimate of drug-likeness (QED) is 0.541. The minimum absolute atomic E-state index is 0.104. The summed E-state index contributed by atoms with van der Waals surface area (Å²) in [5, 5.41) is 5.65. The van der Waals surface area contributed by atoms with Crippen LogP contribution in [0.25, 0.3) is 0 Å². The fourth-order valence-corrected chi connectivity index (χ4v) is 2.11. The molecule has 0 bridgehead atoms. The third-order valence-electron chi connectivity index (χ3n) is 3.57. The van der Waals surface area contributed by atoms with E-state index >= 15 is 0 Å². The van der Waals surface area contributed by atoms with Crippen molar-refractivity contribution >= 4 is 17.5 Å². The van der Waals surface area contributed by atoms with Crippen LogP contribution in [0.1, 0.15) is 31.1 Å². The lowest BCUT2D eigenvalue weighted by molar-refractivity contribution is -0.111. The van der Waals surface area contributed by atoms with E-state index < -0.39 is 0 Å². The Bertz CT molecular complexity index is 573. The third kappa shape index (κ3) is 7.24. The Morgan fingerprint density at radius 1 is 1.08 bits per heavy atom. The normalized spacial score (nSPS) is 11.3. The number of nitrogens with one attached hydrogen (secondary N) is 2. The SMILES string of the molecule is C/C=C/C=C/C(=O)Nc1ccc(C(=O)NCCN(CC)CC)cc1. The van der Waals surface area contributed by atoms with Crippen LogP contribution in [0.4, 0.5) is 5.69 Å². The zero-order valence-electron chi connectivity index (χ0n) is 14.7. The Morgan fingerprint density at radius 3 is 2.33 bits per heavy atom. The molecule has 2 N–H and O–H groups in total. The summed E-state index contributed by atoms with van der Waals surface area (Å²) in [5.41, 5.74) is 1.24. The van der Waals surface area contributed by atoms with Crippen LogP contribution in [-0.4, -0.2) is 42.9 Å². The van der Waals surface area contributed by atoms with E-state index in [1.54, 1.807) is 36.4 Å². The molecule has 0 saturated heterocycles. The molecule has 0 aliphatic carbocycles. The maximum absolute atomic E-state index is 12.1. The van der Waals surface area contributed by atoms with Gasteiger partial charge in [-0.25, -0.2) is 0 Å². The lowest BCUT2D eigenvalue weighted by atomic mass is 10.2. The topological polar surface area (TPSA) is 61.4 Å².